The number of anilines is 1. The third kappa shape index (κ3) is 3.73. The molecule has 1 atom stereocenters. The number of carbonyl (C=O) groups excluding carboxylic acids is 1. The van der Waals surface area contributed by atoms with Gasteiger partial charge in [-0.25, -0.2) is 0 Å². The number of hydrogen-bond donors (Lipinski definition) is 1. The van der Waals surface area contributed by atoms with Gasteiger partial charge in [-0.05, 0) is 55.9 Å². The normalized spacial score (nSPS) is 22.8. The summed E-state index contributed by atoms with van der Waals surface area (Å²) in [6, 6.07) is 7.69. The van der Waals surface area contributed by atoms with Crippen LogP contribution in [0.3, 0.4) is 0 Å². The molecule has 3 rings (SSSR count). The maximum Gasteiger partial charge on any atom is 0.242 e. The number of nitrogens with zero attached hydrogens (tertiary/aromatic N) is 1. The first kappa shape index (κ1) is 15.6. The second-order valence-corrected chi connectivity index (χ2v) is 6.57. The Hall–Kier alpha value is -1.26. The van der Waals surface area contributed by atoms with Gasteiger partial charge in [0, 0.05) is 37.0 Å². The number of hydrogen-bond acceptors (Lipinski definition) is 3. The van der Waals surface area contributed by atoms with E-state index in [1.807, 2.05) is 24.3 Å². The average Bonchev–Trinajstić information content (AvgIpc) is 3.04. The van der Waals surface area contributed by atoms with Crippen LogP contribution in [0.5, 0.6) is 0 Å². The minimum atomic E-state index is -0.0546. The van der Waals surface area contributed by atoms with Gasteiger partial charge in [-0.3, -0.25) is 4.79 Å². The van der Waals surface area contributed by atoms with Crippen molar-refractivity contribution in [1.29, 1.82) is 0 Å². The summed E-state index contributed by atoms with van der Waals surface area (Å²) in [6.07, 6.45) is 4.07. The van der Waals surface area contributed by atoms with Crippen LogP contribution in [0, 0.1) is 5.92 Å². The second kappa shape index (κ2) is 7.34. The third-order valence-corrected chi connectivity index (χ3v) is 4.87. The number of halogens is 1. The Labute approximate surface area is 136 Å². The van der Waals surface area contributed by atoms with Crippen LogP contribution in [0.1, 0.15) is 25.7 Å². The molecule has 1 aromatic carbocycles. The monoisotopic (exact) mass is 322 g/mol. The fourth-order valence-electron chi connectivity index (χ4n) is 3.29. The van der Waals surface area contributed by atoms with E-state index in [0.717, 1.165) is 62.7 Å². The maximum atomic E-state index is 12.5. The van der Waals surface area contributed by atoms with Gasteiger partial charge in [-0.15, -0.1) is 0 Å². The van der Waals surface area contributed by atoms with Crippen molar-refractivity contribution in [2.45, 2.75) is 31.7 Å². The van der Waals surface area contributed by atoms with Crippen molar-refractivity contribution in [3.8, 4) is 0 Å². The highest BCUT2D eigenvalue weighted by atomic mass is 35.5. The quantitative estimate of drug-likeness (QED) is 0.926. The van der Waals surface area contributed by atoms with Crippen molar-refractivity contribution in [2.75, 3.05) is 31.2 Å². The molecule has 0 aliphatic carbocycles. The molecular weight excluding hydrogens is 300 g/mol. The molecule has 5 heteroatoms. The maximum absolute atomic E-state index is 12.5. The van der Waals surface area contributed by atoms with Gasteiger partial charge in [0.15, 0.2) is 0 Å². The molecule has 1 N–H and O–H groups in total. The van der Waals surface area contributed by atoms with E-state index >= 15 is 0 Å². The molecule has 0 spiro atoms. The van der Waals surface area contributed by atoms with Gasteiger partial charge in [0.05, 0.1) is 0 Å². The molecule has 0 aromatic heterocycles. The first-order valence-electron chi connectivity index (χ1n) is 8.12. The van der Waals surface area contributed by atoms with Gasteiger partial charge >= 0.3 is 0 Å². The lowest BCUT2D eigenvalue weighted by Crippen LogP contribution is -2.45. The highest BCUT2D eigenvalue weighted by molar-refractivity contribution is 6.30. The Morgan fingerprint density at radius 3 is 2.68 bits per heavy atom. The zero-order chi connectivity index (χ0) is 15.4. The Balaban J connectivity index is 1.57. The van der Waals surface area contributed by atoms with Crippen LogP contribution in [0.2, 0.25) is 5.02 Å². The zero-order valence-electron chi connectivity index (χ0n) is 12.8. The Morgan fingerprint density at radius 1 is 1.23 bits per heavy atom. The predicted octanol–water partition coefficient (Wildman–Crippen LogP) is 2.85. The van der Waals surface area contributed by atoms with Crippen LogP contribution in [0.4, 0.5) is 5.69 Å². The minimum Gasteiger partial charge on any atom is -0.381 e. The van der Waals surface area contributed by atoms with E-state index in [1.54, 1.807) is 0 Å². The number of carbonyl (C=O) groups is 1. The van der Waals surface area contributed by atoms with Crippen molar-refractivity contribution in [3.63, 3.8) is 0 Å². The van der Waals surface area contributed by atoms with E-state index in [0.29, 0.717) is 5.92 Å². The number of nitrogens with one attached hydrogen (secondary N) is 1. The zero-order valence-corrected chi connectivity index (χ0v) is 13.5. The van der Waals surface area contributed by atoms with E-state index < -0.39 is 0 Å². The summed E-state index contributed by atoms with van der Waals surface area (Å²) in [6.45, 7) is 3.34. The number of benzene rings is 1. The number of amides is 1. The summed E-state index contributed by atoms with van der Waals surface area (Å²) in [7, 11) is 0. The Kier molecular flexibility index (Phi) is 5.21. The molecule has 0 radical (unpaired) electrons. The molecule has 2 heterocycles. The largest absolute Gasteiger partial charge is 0.381 e. The highest BCUT2D eigenvalue weighted by Crippen LogP contribution is 2.27. The molecule has 2 saturated heterocycles. The molecule has 1 amide bonds. The van der Waals surface area contributed by atoms with Crippen molar-refractivity contribution in [1.82, 2.24) is 5.32 Å². The molecular formula is C17H23ClN2O2. The summed E-state index contributed by atoms with van der Waals surface area (Å²) in [5.74, 6) is 0.710. The van der Waals surface area contributed by atoms with E-state index in [2.05, 4.69) is 10.2 Å². The Bertz CT molecular complexity index is 500. The van der Waals surface area contributed by atoms with Crippen LogP contribution in [0.15, 0.2) is 24.3 Å². The van der Waals surface area contributed by atoms with Crippen molar-refractivity contribution < 1.29 is 9.53 Å². The highest BCUT2D eigenvalue weighted by Gasteiger charge is 2.31. The summed E-state index contributed by atoms with van der Waals surface area (Å²) in [5, 5.41) is 3.87. The summed E-state index contributed by atoms with van der Waals surface area (Å²) < 4.78 is 5.36. The minimum absolute atomic E-state index is 0.0546. The average molecular weight is 323 g/mol. The first-order chi connectivity index (χ1) is 10.7. The Morgan fingerprint density at radius 2 is 1.95 bits per heavy atom. The molecule has 2 fully saturated rings. The molecule has 1 aromatic rings. The fraction of sp³-hybridized carbons (Fsp3) is 0.588. The summed E-state index contributed by atoms with van der Waals surface area (Å²) in [5.41, 5.74) is 1.08. The van der Waals surface area contributed by atoms with Gasteiger partial charge in [0.25, 0.3) is 0 Å². The van der Waals surface area contributed by atoms with Crippen LogP contribution < -0.4 is 10.2 Å². The lowest BCUT2D eigenvalue weighted by atomic mass is 10.0. The van der Waals surface area contributed by atoms with Crippen molar-refractivity contribution in [2.24, 2.45) is 5.92 Å². The number of rotatable bonds is 4. The van der Waals surface area contributed by atoms with Crippen molar-refractivity contribution in [3.05, 3.63) is 29.3 Å². The number of ether oxygens (including phenoxy) is 1. The lowest BCUT2D eigenvalue weighted by Gasteiger charge is -2.27. The van der Waals surface area contributed by atoms with Gasteiger partial charge in [-0.2, -0.15) is 0 Å². The van der Waals surface area contributed by atoms with Crippen LogP contribution in [0.25, 0.3) is 0 Å². The van der Waals surface area contributed by atoms with Crippen molar-refractivity contribution >= 4 is 23.2 Å². The predicted molar refractivity (Wildman–Crippen MR) is 88.4 cm³/mol. The second-order valence-electron chi connectivity index (χ2n) is 6.13. The van der Waals surface area contributed by atoms with Gasteiger partial charge in [-0.1, -0.05) is 11.6 Å². The standard InChI is InChI=1S/C17H23ClN2O2/c18-14-3-5-15(6-4-14)20-9-1-2-16(20)17(21)19-12-13-7-10-22-11-8-13/h3-6,13,16H,1-2,7-12H2,(H,19,21). The van der Waals surface area contributed by atoms with E-state index in [9.17, 15) is 4.79 Å². The lowest BCUT2D eigenvalue weighted by molar-refractivity contribution is -0.122. The SMILES string of the molecule is O=C(NCC1CCOCC1)C1CCCN1c1ccc(Cl)cc1. The van der Waals surface area contributed by atoms with Gasteiger partial charge in [0.2, 0.25) is 5.91 Å². The molecule has 2 aliphatic rings. The van der Waals surface area contributed by atoms with Gasteiger partial charge < -0.3 is 15.0 Å². The molecule has 1 unspecified atom stereocenters. The smallest absolute Gasteiger partial charge is 0.242 e. The van der Waals surface area contributed by atoms with E-state index in [1.165, 1.54) is 0 Å². The van der Waals surface area contributed by atoms with Gasteiger partial charge in [0.1, 0.15) is 6.04 Å². The van der Waals surface area contributed by atoms with Crippen LogP contribution in [-0.4, -0.2) is 38.3 Å². The molecule has 0 bridgehead atoms. The first-order valence-corrected chi connectivity index (χ1v) is 8.49. The van der Waals surface area contributed by atoms with Crippen LogP contribution in [-0.2, 0) is 9.53 Å². The summed E-state index contributed by atoms with van der Waals surface area (Å²) in [4.78, 5) is 14.7. The fourth-order valence-corrected chi connectivity index (χ4v) is 3.42. The van der Waals surface area contributed by atoms with Crippen LogP contribution >= 0.6 is 11.6 Å². The molecule has 4 nitrogen and oxygen atoms in total. The molecule has 0 saturated carbocycles. The third-order valence-electron chi connectivity index (χ3n) is 4.62. The molecule has 120 valence electrons. The molecule has 22 heavy (non-hydrogen) atoms. The van der Waals surface area contributed by atoms with E-state index in [-0.39, 0.29) is 11.9 Å². The van der Waals surface area contributed by atoms with E-state index in [4.69, 9.17) is 16.3 Å². The molecule has 2 aliphatic heterocycles. The summed E-state index contributed by atoms with van der Waals surface area (Å²) >= 11 is 5.95. The topological polar surface area (TPSA) is 41.6 Å².